The summed E-state index contributed by atoms with van der Waals surface area (Å²) in [7, 11) is 1.58. The Morgan fingerprint density at radius 1 is 1.16 bits per heavy atom. The van der Waals surface area contributed by atoms with Gasteiger partial charge in [-0.05, 0) is 66.6 Å². The Hall–Kier alpha value is -3.88. The Balaban J connectivity index is 1.53. The molecule has 7 nitrogen and oxygen atoms in total. The molecule has 2 aliphatic heterocycles. The minimum absolute atomic E-state index is 0.0176. The van der Waals surface area contributed by atoms with Crippen LogP contribution in [-0.2, 0) is 16.0 Å². The van der Waals surface area contributed by atoms with E-state index in [0.29, 0.717) is 39.0 Å². The van der Waals surface area contributed by atoms with Crippen molar-refractivity contribution in [2.75, 3.05) is 12.0 Å². The van der Waals surface area contributed by atoms with Crippen LogP contribution in [0.1, 0.15) is 29.7 Å². The molecule has 0 saturated carbocycles. The number of Topliss-reactive ketones (excluding diaryl/α,β-unsaturated/α-hetero) is 1. The van der Waals surface area contributed by atoms with Crippen LogP contribution in [0.2, 0.25) is 5.02 Å². The normalized spacial score (nSPS) is 20.4. The van der Waals surface area contributed by atoms with Gasteiger partial charge in [-0.15, -0.1) is 0 Å². The van der Waals surface area contributed by atoms with E-state index in [2.05, 4.69) is 4.98 Å². The van der Waals surface area contributed by atoms with E-state index in [-0.39, 0.29) is 17.4 Å². The van der Waals surface area contributed by atoms with Gasteiger partial charge in [-0.3, -0.25) is 14.5 Å². The highest BCUT2D eigenvalue weighted by atomic mass is 35.5. The van der Waals surface area contributed by atoms with E-state index in [1.807, 2.05) is 13.0 Å². The maximum Gasteiger partial charge on any atom is 0.301 e. The first-order valence-corrected chi connectivity index (χ1v) is 12.8. The zero-order valence-corrected chi connectivity index (χ0v) is 21.5. The Labute approximate surface area is 221 Å². The van der Waals surface area contributed by atoms with Gasteiger partial charge in [0.1, 0.15) is 23.4 Å². The first-order valence-electron chi connectivity index (χ1n) is 11.6. The summed E-state index contributed by atoms with van der Waals surface area (Å²) in [6.07, 6.45) is 0.722. The van der Waals surface area contributed by atoms with Crippen LogP contribution in [0.25, 0.3) is 16.0 Å². The summed E-state index contributed by atoms with van der Waals surface area (Å²) in [6.45, 7) is 1.97. The first-order chi connectivity index (χ1) is 17.8. The van der Waals surface area contributed by atoms with E-state index in [0.717, 1.165) is 16.0 Å². The molecule has 9 heteroatoms. The minimum Gasteiger partial charge on any atom is -0.507 e. The van der Waals surface area contributed by atoms with Gasteiger partial charge in [0.25, 0.3) is 5.78 Å². The fourth-order valence-electron chi connectivity index (χ4n) is 4.87. The lowest BCUT2D eigenvalue weighted by atomic mass is 9.94. The Kier molecular flexibility index (Phi) is 5.66. The molecule has 0 unspecified atom stereocenters. The quantitative estimate of drug-likeness (QED) is 0.200. The number of rotatable bonds is 4. The zero-order chi connectivity index (χ0) is 25.8. The van der Waals surface area contributed by atoms with Gasteiger partial charge in [-0.25, -0.2) is 4.98 Å². The topological polar surface area (TPSA) is 89.0 Å². The number of hydrogen-bond acceptors (Lipinski definition) is 7. The summed E-state index contributed by atoms with van der Waals surface area (Å²) in [5.41, 5.74) is 2.61. The van der Waals surface area contributed by atoms with Gasteiger partial charge in [-0.2, -0.15) is 0 Å². The summed E-state index contributed by atoms with van der Waals surface area (Å²) in [5, 5.41) is 12.2. The number of thiazole rings is 1. The van der Waals surface area contributed by atoms with Crippen LogP contribution in [0, 0.1) is 0 Å². The third-order valence-electron chi connectivity index (χ3n) is 6.57. The minimum atomic E-state index is -0.912. The molecule has 3 aromatic carbocycles. The highest BCUT2D eigenvalue weighted by Crippen LogP contribution is 2.45. The van der Waals surface area contributed by atoms with Crippen LogP contribution in [0.4, 0.5) is 5.13 Å². The summed E-state index contributed by atoms with van der Waals surface area (Å²) in [4.78, 5) is 32.9. The predicted octanol–water partition coefficient (Wildman–Crippen LogP) is 5.91. The number of hydrogen-bond donors (Lipinski definition) is 1. The van der Waals surface area contributed by atoms with Crippen LogP contribution in [0.3, 0.4) is 0 Å². The largest absolute Gasteiger partial charge is 0.507 e. The molecule has 1 N–H and O–H groups in total. The molecule has 0 radical (unpaired) electrons. The molecule has 37 heavy (non-hydrogen) atoms. The van der Waals surface area contributed by atoms with Crippen molar-refractivity contribution in [2.24, 2.45) is 0 Å². The average molecular weight is 533 g/mol. The first kappa shape index (κ1) is 23.5. The number of carbonyl (C=O) groups excluding carboxylic acids is 2. The molecule has 1 saturated heterocycles. The van der Waals surface area contributed by atoms with Crippen molar-refractivity contribution in [3.05, 3.63) is 87.9 Å². The van der Waals surface area contributed by atoms with Crippen molar-refractivity contribution in [1.29, 1.82) is 0 Å². The number of ketones is 1. The summed E-state index contributed by atoms with van der Waals surface area (Å²) >= 11 is 7.57. The molecule has 186 valence electrons. The van der Waals surface area contributed by atoms with Crippen LogP contribution in [0.15, 0.2) is 66.2 Å². The van der Waals surface area contributed by atoms with Crippen molar-refractivity contribution >= 4 is 55.7 Å². The van der Waals surface area contributed by atoms with Gasteiger partial charge in [0, 0.05) is 17.0 Å². The fraction of sp³-hybridized carbons (Fsp3) is 0.179. The summed E-state index contributed by atoms with van der Waals surface area (Å²) < 4.78 is 11.9. The Morgan fingerprint density at radius 3 is 2.78 bits per heavy atom. The van der Waals surface area contributed by atoms with Crippen LogP contribution >= 0.6 is 22.9 Å². The molecule has 0 spiro atoms. The van der Waals surface area contributed by atoms with E-state index in [1.54, 1.807) is 61.7 Å². The molecule has 0 bridgehead atoms. The van der Waals surface area contributed by atoms with Crippen molar-refractivity contribution in [3.8, 4) is 11.5 Å². The molecular weight excluding hydrogens is 512 g/mol. The van der Waals surface area contributed by atoms with E-state index in [4.69, 9.17) is 21.1 Å². The van der Waals surface area contributed by atoms with Crippen molar-refractivity contribution in [3.63, 3.8) is 0 Å². The third kappa shape index (κ3) is 3.93. The number of nitrogens with zero attached hydrogens (tertiary/aromatic N) is 2. The highest BCUT2D eigenvalue weighted by molar-refractivity contribution is 7.22. The van der Waals surface area contributed by atoms with E-state index >= 15 is 0 Å². The number of methoxy groups -OCH3 is 1. The number of anilines is 1. The smallest absolute Gasteiger partial charge is 0.301 e. The number of benzene rings is 3. The maximum atomic E-state index is 13.5. The SMILES string of the molecule is COc1ccc2nc(N3C(=O)C(=O)/C(=C(/O)c4ccc5c(c4)C[C@H](C)O5)[C@H]3c3cccc(Cl)c3)sc2c1. The van der Waals surface area contributed by atoms with Crippen molar-refractivity contribution in [2.45, 2.75) is 25.5 Å². The number of carbonyl (C=O) groups is 2. The monoisotopic (exact) mass is 532 g/mol. The van der Waals surface area contributed by atoms with E-state index < -0.39 is 17.7 Å². The Bertz CT molecular complexity index is 1630. The predicted molar refractivity (Wildman–Crippen MR) is 143 cm³/mol. The van der Waals surface area contributed by atoms with Gasteiger partial charge < -0.3 is 14.6 Å². The molecule has 2 atom stereocenters. The lowest BCUT2D eigenvalue weighted by Crippen LogP contribution is -2.29. The highest BCUT2D eigenvalue weighted by Gasteiger charge is 2.48. The molecule has 4 aromatic rings. The molecule has 1 fully saturated rings. The zero-order valence-electron chi connectivity index (χ0n) is 19.9. The summed E-state index contributed by atoms with van der Waals surface area (Å²) in [5.74, 6) is -0.400. The second-order valence-electron chi connectivity index (χ2n) is 9.01. The van der Waals surface area contributed by atoms with Gasteiger partial charge in [0.05, 0.1) is 28.9 Å². The van der Waals surface area contributed by atoms with Gasteiger partial charge >= 0.3 is 5.91 Å². The number of aromatic nitrogens is 1. The molecule has 1 amide bonds. The summed E-state index contributed by atoms with van der Waals surface area (Å²) in [6, 6.07) is 16.7. The van der Waals surface area contributed by atoms with Crippen LogP contribution in [0.5, 0.6) is 11.5 Å². The molecule has 3 heterocycles. The van der Waals surface area contributed by atoms with E-state index in [1.165, 1.54) is 16.2 Å². The fourth-order valence-corrected chi connectivity index (χ4v) is 6.09. The van der Waals surface area contributed by atoms with E-state index in [9.17, 15) is 14.7 Å². The number of fused-ring (bicyclic) bond motifs is 2. The van der Waals surface area contributed by atoms with Gasteiger partial charge in [0.2, 0.25) is 0 Å². The van der Waals surface area contributed by atoms with Gasteiger partial charge in [-0.1, -0.05) is 35.1 Å². The number of aliphatic hydroxyl groups excluding tert-OH is 1. The molecule has 0 aliphatic carbocycles. The van der Waals surface area contributed by atoms with Gasteiger partial charge in [0.15, 0.2) is 5.13 Å². The number of aliphatic hydroxyl groups is 1. The third-order valence-corrected chi connectivity index (χ3v) is 7.82. The lowest BCUT2D eigenvalue weighted by molar-refractivity contribution is -0.132. The molecular formula is C28H21ClN2O5S. The maximum absolute atomic E-state index is 13.5. The molecule has 2 aliphatic rings. The number of ether oxygens (including phenoxy) is 2. The van der Waals surface area contributed by atoms with Crippen LogP contribution < -0.4 is 14.4 Å². The van der Waals surface area contributed by atoms with Crippen molar-refractivity contribution < 1.29 is 24.2 Å². The number of amides is 1. The standard InChI is InChI=1S/C28H21ClN2O5S/c1-14-10-17-11-16(6-9-21(17)36-14)25(32)23-24(15-4-3-5-18(29)12-15)31(27(34)26(23)33)28-30-20-8-7-19(35-2)13-22(20)37-28/h3-9,11-14,24,32H,10H2,1-2H3/b25-23+/t14-,24+/m0/s1. The molecule has 1 aromatic heterocycles. The second kappa shape index (κ2) is 8.90. The Morgan fingerprint density at radius 2 is 2.00 bits per heavy atom. The number of halogens is 1. The molecule has 6 rings (SSSR count). The van der Waals surface area contributed by atoms with Crippen molar-refractivity contribution in [1.82, 2.24) is 4.98 Å². The average Bonchev–Trinajstić information content (AvgIpc) is 3.55. The lowest BCUT2D eigenvalue weighted by Gasteiger charge is -2.23. The van der Waals surface area contributed by atoms with Crippen LogP contribution in [-0.4, -0.2) is 35.0 Å². The second-order valence-corrected chi connectivity index (χ2v) is 10.5.